The predicted molar refractivity (Wildman–Crippen MR) is 80.7 cm³/mol. The Morgan fingerprint density at radius 2 is 2.43 bits per heavy atom. The van der Waals surface area contributed by atoms with E-state index in [1.807, 2.05) is 36.3 Å². The van der Waals surface area contributed by atoms with Gasteiger partial charge >= 0.3 is 0 Å². The standard InChI is InChI=1S/C15H24N4O2/c1-12(14-5-3-4-6-17-14)19-7-8-21-13(10-19)9-18(2)11-15(16)20/h3-6,12-13H,7-11H2,1-2H3,(H2,16,20). The van der Waals surface area contributed by atoms with Crippen LogP contribution in [0, 0.1) is 0 Å². The number of primary amides is 1. The number of carbonyl (C=O) groups is 1. The highest BCUT2D eigenvalue weighted by Crippen LogP contribution is 2.20. The Hall–Kier alpha value is -1.50. The number of morpholine rings is 1. The Morgan fingerprint density at radius 1 is 1.62 bits per heavy atom. The highest BCUT2D eigenvalue weighted by atomic mass is 16.5. The predicted octanol–water partition coefficient (Wildman–Crippen LogP) is 0.261. The summed E-state index contributed by atoms with van der Waals surface area (Å²) in [4.78, 5) is 19.6. The van der Waals surface area contributed by atoms with Crippen LogP contribution in [0.4, 0.5) is 0 Å². The Labute approximate surface area is 125 Å². The number of nitrogens with zero attached hydrogens (tertiary/aromatic N) is 3. The summed E-state index contributed by atoms with van der Waals surface area (Å²) >= 11 is 0. The first kappa shape index (κ1) is 15.9. The third-order valence-corrected chi connectivity index (χ3v) is 3.77. The largest absolute Gasteiger partial charge is 0.374 e. The summed E-state index contributed by atoms with van der Waals surface area (Å²) in [5.41, 5.74) is 6.28. The van der Waals surface area contributed by atoms with E-state index < -0.39 is 0 Å². The molecule has 0 bridgehead atoms. The first-order valence-corrected chi connectivity index (χ1v) is 7.29. The van der Waals surface area contributed by atoms with Crippen LogP contribution in [0.15, 0.2) is 24.4 Å². The topological polar surface area (TPSA) is 71.7 Å². The normalized spacial score (nSPS) is 21.4. The summed E-state index contributed by atoms with van der Waals surface area (Å²) in [5, 5.41) is 0. The lowest BCUT2D eigenvalue weighted by molar-refractivity contribution is -0.119. The lowest BCUT2D eigenvalue weighted by Crippen LogP contribution is -2.48. The summed E-state index contributed by atoms with van der Waals surface area (Å²) in [7, 11) is 1.88. The molecule has 0 spiro atoms. The van der Waals surface area contributed by atoms with E-state index in [2.05, 4.69) is 16.8 Å². The zero-order valence-electron chi connectivity index (χ0n) is 12.7. The number of nitrogens with two attached hydrogens (primary N) is 1. The molecule has 0 aliphatic carbocycles. The van der Waals surface area contributed by atoms with Crippen molar-refractivity contribution in [3.8, 4) is 0 Å². The van der Waals surface area contributed by atoms with Gasteiger partial charge in [0.2, 0.25) is 5.91 Å². The summed E-state index contributed by atoms with van der Waals surface area (Å²) in [5.74, 6) is -0.313. The molecule has 2 rings (SSSR count). The molecule has 0 aromatic carbocycles. The molecule has 2 N–H and O–H groups in total. The molecule has 1 aliphatic rings. The van der Waals surface area contributed by atoms with Gasteiger partial charge in [0.1, 0.15) is 0 Å². The Kier molecular flexibility index (Phi) is 5.67. The van der Waals surface area contributed by atoms with Gasteiger partial charge in [-0.15, -0.1) is 0 Å². The van der Waals surface area contributed by atoms with Crippen LogP contribution in [0.25, 0.3) is 0 Å². The van der Waals surface area contributed by atoms with Crippen molar-refractivity contribution in [1.82, 2.24) is 14.8 Å². The first-order valence-electron chi connectivity index (χ1n) is 7.29. The first-order chi connectivity index (χ1) is 10.1. The van der Waals surface area contributed by atoms with Gasteiger partial charge in [0.05, 0.1) is 24.9 Å². The molecule has 1 aromatic rings. The van der Waals surface area contributed by atoms with Crippen LogP contribution in [0.3, 0.4) is 0 Å². The van der Waals surface area contributed by atoms with Crippen molar-refractivity contribution < 1.29 is 9.53 Å². The van der Waals surface area contributed by atoms with E-state index in [4.69, 9.17) is 10.5 Å². The van der Waals surface area contributed by atoms with Gasteiger partial charge in [-0.25, -0.2) is 0 Å². The summed E-state index contributed by atoms with van der Waals surface area (Å²) in [6.07, 6.45) is 1.92. The number of rotatable bonds is 6. The minimum Gasteiger partial charge on any atom is -0.374 e. The van der Waals surface area contributed by atoms with Gasteiger partial charge < -0.3 is 10.5 Å². The molecule has 1 saturated heterocycles. The minimum atomic E-state index is -0.313. The lowest BCUT2D eigenvalue weighted by Gasteiger charge is -2.37. The van der Waals surface area contributed by atoms with Crippen LogP contribution < -0.4 is 5.73 Å². The second kappa shape index (κ2) is 7.49. The molecule has 0 saturated carbocycles. The van der Waals surface area contributed by atoms with E-state index >= 15 is 0 Å². The highest BCUT2D eigenvalue weighted by Gasteiger charge is 2.26. The number of hydrogen-bond donors (Lipinski definition) is 1. The van der Waals surface area contributed by atoms with Crippen molar-refractivity contribution >= 4 is 5.91 Å². The van der Waals surface area contributed by atoms with Crippen LogP contribution in [-0.2, 0) is 9.53 Å². The molecule has 21 heavy (non-hydrogen) atoms. The molecule has 2 unspecified atom stereocenters. The molecule has 2 heterocycles. The van der Waals surface area contributed by atoms with E-state index in [-0.39, 0.29) is 24.6 Å². The summed E-state index contributed by atoms with van der Waals surface area (Å²) in [6.45, 7) is 5.56. The van der Waals surface area contributed by atoms with Crippen LogP contribution in [-0.4, -0.2) is 66.6 Å². The summed E-state index contributed by atoms with van der Waals surface area (Å²) < 4.78 is 5.79. The Bertz CT molecular complexity index is 454. The van der Waals surface area contributed by atoms with Crippen molar-refractivity contribution in [3.05, 3.63) is 30.1 Å². The van der Waals surface area contributed by atoms with E-state index in [0.717, 1.165) is 18.8 Å². The monoisotopic (exact) mass is 292 g/mol. The van der Waals surface area contributed by atoms with Crippen molar-refractivity contribution in [2.75, 3.05) is 39.8 Å². The fraction of sp³-hybridized carbons (Fsp3) is 0.600. The van der Waals surface area contributed by atoms with Crippen LogP contribution >= 0.6 is 0 Å². The summed E-state index contributed by atoms with van der Waals surface area (Å²) in [6, 6.07) is 6.25. The van der Waals surface area contributed by atoms with E-state index in [1.165, 1.54) is 0 Å². The molecule has 6 nitrogen and oxygen atoms in total. The molecule has 1 aliphatic heterocycles. The maximum absolute atomic E-state index is 10.9. The van der Waals surface area contributed by atoms with Crippen LogP contribution in [0.2, 0.25) is 0 Å². The van der Waals surface area contributed by atoms with Crippen LogP contribution in [0.5, 0.6) is 0 Å². The quantitative estimate of drug-likeness (QED) is 0.814. The number of amides is 1. The van der Waals surface area contributed by atoms with Gasteiger partial charge in [0.25, 0.3) is 0 Å². The lowest BCUT2D eigenvalue weighted by atomic mass is 10.1. The van der Waals surface area contributed by atoms with E-state index in [9.17, 15) is 4.79 Å². The number of pyridine rings is 1. The zero-order chi connectivity index (χ0) is 15.2. The minimum absolute atomic E-state index is 0.0919. The van der Waals surface area contributed by atoms with Gasteiger partial charge in [0.15, 0.2) is 0 Å². The van der Waals surface area contributed by atoms with E-state index in [1.54, 1.807) is 0 Å². The number of aromatic nitrogens is 1. The molecule has 6 heteroatoms. The maximum atomic E-state index is 10.9. The SMILES string of the molecule is CC(c1ccccn1)N1CCOC(CN(C)CC(N)=O)C1. The van der Waals surface area contributed by atoms with Gasteiger partial charge in [-0.1, -0.05) is 6.07 Å². The molecule has 1 amide bonds. The maximum Gasteiger partial charge on any atom is 0.231 e. The zero-order valence-corrected chi connectivity index (χ0v) is 12.7. The van der Waals surface area contributed by atoms with Crippen molar-refractivity contribution in [2.24, 2.45) is 5.73 Å². The highest BCUT2D eigenvalue weighted by molar-refractivity contribution is 5.75. The molecule has 116 valence electrons. The average molecular weight is 292 g/mol. The van der Waals surface area contributed by atoms with Crippen molar-refractivity contribution in [2.45, 2.75) is 19.1 Å². The molecular weight excluding hydrogens is 268 g/mol. The number of likely N-dealkylation sites (N-methyl/N-ethyl adjacent to an activating group) is 1. The van der Waals surface area contributed by atoms with Gasteiger partial charge in [-0.2, -0.15) is 0 Å². The fourth-order valence-electron chi connectivity index (χ4n) is 2.69. The molecule has 2 atom stereocenters. The second-order valence-corrected chi connectivity index (χ2v) is 5.58. The molecule has 0 radical (unpaired) electrons. The molecule has 1 fully saturated rings. The van der Waals surface area contributed by atoms with E-state index in [0.29, 0.717) is 13.2 Å². The molecular formula is C15H24N4O2. The number of ether oxygens (including phenoxy) is 1. The number of hydrogen-bond acceptors (Lipinski definition) is 5. The Balaban J connectivity index is 1.90. The third-order valence-electron chi connectivity index (χ3n) is 3.77. The van der Waals surface area contributed by atoms with Gasteiger partial charge in [0, 0.05) is 31.9 Å². The van der Waals surface area contributed by atoms with Crippen molar-refractivity contribution in [3.63, 3.8) is 0 Å². The second-order valence-electron chi connectivity index (χ2n) is 5.58. The third kappa shape index (κ3) is 4.77. The number of carbonyl (C=O) groups excluding carboxylic acids is 1. The smallest absolute Gasteiger partial charge is 0.231 e. The molecule has 1 aromatic heterocycles. The van der Waals surface area contributed by atoms with Crippen molar-refractivity contribution in [1.29, 1.82) is 0 Å². The van der Waals surface area contributed by atoms with Gasteiger partial charge in [-0.3, -0.25) is 19.6 Å². The van der Waals surface area contributed by atoms with Gasteiger partial charge in [-0.05, 0) is 26.1 Å². The Morgan fingerprint density at radius 3 is 3.10 bits per heavy atom. The van der Waals surface area contributed by atoms with Crippen LogP contribution in [0.1, 0.15) is 18.7 Å². The average Bonchev–Trinajstić information content (AvgIpc) is 2.46. The fourth-order valence-corrected chi connectivity index (χ4v) is 2.69.